The maximum absolute atomic E-state index is 11.9. The smallest absolute Gasteiger partial charge is 0.326 e. The van der Waals surface area contributed by atoms with Gasteiger partial charge in [0.2, 0.25) is 5.89 Å². The molecule has 7 nitrogen and oxygen atoms in total. The Morgan fingerprint density at radius 1 is 1.53 bits per heavy atom. The number of aryl methyl sites for hydroxylation is 2. The normalized spacial score (nSPS) is 18.6. The Labute approximate surface area is 110 Å². The van der Waals surface area contributed by atoms with Gasteiger partial charge in [-0.3, -0.25) is 0 Å². The van der Waals surface area contributed by atoms with Crippen LogP contribution in [0.25, 0.3) is 0 Å². The maximum atomic E-state index is 11.9. The molecule has 1 aromatic rings. The molecule has 0 spiro atoms. The highest BCUT2D eigenvalue weighted by Gasteiger charge is 2.33. The van der Waals surface area contributed by atoms with Gasteiger partial charge in [0.15, 0.2) is 0 Å². The zero-order valence-corrected chi connectivity index (χ0v) is 11.0. The Bertz CT molecular complexity index is 478. The van der Waals surface area contributed by atoms with E-state index < -0.39 is 18.0 Å². The Morgan fingerprint density at radius 2 is 2.26 bits per heavy atom. The molecule has 19 heavy (non-hydrogen) atoms. The van der Waals surface area contributed by atoms with E-state index >= 15 is 0 Å². The summed E-state index contributed by atoms with van der Waals surface area (Å²) < 4.78 is 5.34. The molecule has 1 aliphatic heterocycles. The van der Waals surface area contributed by atoms with Gasteiger partial charge in [-0.1, -0.05) is 0 Å². The summed E-state index contributed by atoms with van der Waals surface area (Å²) in [6.07, 6.45) is 1.21. The van der Waals surface area contributed by atoms with Crippen molar-refractivity contribution in [2.24, 2.45) is 0 Å². The van der Waals surface area contributed by atoms with E-state index in [9.17, 15) is 9.59 Å². The zero-order chi connectivity index (χ0) is 14.0. The van der Waals surface area contributed by atoms with Crippen LogP contribution in [-0.2, 0) is 11.3 Å². The highest BCUT2D eigenvalue weighted by atomic mass is 16.4. The van der Waals surface area contributed by atoms with E-state index in [2.05, 4.69) is 10.3 Å². The predicted octanol–water partition coefficient (Wildman–Crippen LogP) is 1.05. The minimum Gasteiger partial charge on any atom is -0.480 e. The van der Waals surface area contributed by atoms with Crippen LogP contribution in [0.1, 0.15) is 30.2 Å². The molecule has 2 amide bonds. The molecule has 7 heteroatoms. The van der Waals surface area contributed by atoms with Crippen molar-refractivity contribution in [3.8, 4) is 0 Å². The van der Waals surface area contributed by atoms with E-state index in [0.717, 1.165) is 5.69 Å². The van der Waals surface area contributed by atoms with Gasteiger partial charge in [-0.05, 0) is 26.7 Å². The van der Waals surface area contributed by atoms with Gasteiger partial charge in [-0.2, -0.15) is 0 Å². The molecule has 1 saturated heterocycles. The maximum Gasteiger partial charge on any atom is 0.326 e. The SMILES string of the molecule is Cc1nc(CNC(=O)N2CCC[C@H]2C(=O)O)oc1C. The largest absolute Gasteiger partial charge is 0.480 e. The molecule has 0 bridgehead atoms. The first kappa shape index (κ1) is 13.4. The summed E-state index contributed by atoms with van der Waals surface area (Å²) in [4.78, 5) is 28.4. The fraction of sp³-hybridized carbons (Fsp3) is 0.583. The Hall–Kier alpha value is -2.05. The zero-order valence-electron chi connectivity index (χ0n) is 11.0. The summed E-state index contributed by atoms with van der Waals surface area (Å²) in [6.45, 7) is 4.25. The van der Waals surface area contributed by atoms with Crippen LogP contribution in [0.4, 0.5) is 4.79 Å². The van der Waals surface area contributed by atoms with Crippen molar-refractivity contribution in [2.45, 2.75) is 39.3 Å². The van der Waals surface area contributed by atoms with E-state index in [1.54, 1.807) is 6.92 Å². The van der Waals surface area contributed by atoms with Gasteiger partial charge in [-0.15, -0.1) is 0 Å². The number of carboxylic acid groups (broad SMARTS) is 1. The summed E-state index contributed by atoms with van der Waals surface area (Å²) in [5, 5.41) is 11.6. The highest BCUT2D eigenvalue weighted by molar-refractivity contribution is 5.83. The first-order chi connectivity index (χ1) is 8.99. The second kappa shape index (κ2) is 5.29. The van der Waals surface area contributed by atoms with Gasteiger partial charge in [-0.25, -0.2) is 14.6 Å². The lowest BCUT2D eigenvalue weighted by Gasteiger charge is -2.21. The van der Waals surface area contributed by atoms with Crippen molar-refractivity contribution in [3.05, 3.63) is 17.3 Å². The lowest BCUT2D eigenvalue weighted by molar-refractivity contribution is -0.141. The molecule has 1 aliphatic rings. The van der Waals surface area contributed by atoms with Crippen molar-refractivity contribution < 1.29 is 19.1 Å². The minimum absolute atomic E-state index is 0.163. The molecule has 1 atom stereocenters. The van der Waals surface area contributed by atoms with E-state index in [4.69, 9.17) is 9.52 Å². The predicted molar refractivity (Wildman–Crippen MR) is 65.6 cm³/mol. The molecule has 1 aromatic heterocycles. The van der Waals surface area contributed by atoms with Crippen LogP contribution in [0.15, 0.2) is 4.42 Å². The third kappa shape index (κ3) is 2.86. The van der Waals surface area contributed by atoms with Crippen molar-refractivity contribution >= 4 is 12.0 Å². The molecule has 0 radical (unpaired) electrons. The number of carboxylic acids is 1. The number of oxazole rings is 1. The van der Waals surface area contributed by atoms with Gasteiger partial charge >= 0.3 is 12.0 Å². The molecular formula is C12H17N3O4. The van der Waals surface area contributed by atoms with Crippen LogP contribution in [0, 0.1) is 13.8 Å². The minimum atomic E-state index is -0.963. The number of urea groups is 1. The van der Waals surface area contributed by atoms with Crippen LogP contribution >= 0.6 is 0 Å². The number of aromatic nitrogens is 1. The first-order valence-corrected chi connectivity index (χ1v) is 6.19. The molecule has 2 N–H and O–H groups in total. The molecular weight excluding hydrogens is 250 g/mol. The molecule has 0 unspecified atom stereocenters. The molecule has 2 heterocycles. The quantitative estimate of drug-likeness (QED) is 0.853. The second-order valence-electron chi connectivity index (χ2n) is 4.60. The fourth-order valence-corrected chi connectivity index (χ4v) is 2.13. The van der Waals surface area contributed by atoms with Crippen molar-refractivity contribution in [1.29, 1.82) is 0 Å². The number of likely N-dealkylation sites (tertiary alicyclic amines) is 1. The van der Waals surface area contributed by atoms with Gasteiger partial charge in [0, 0.05) is 6.54 Å². The number of amides is 2. The van der Waals surface area contributed by atoms with Crippen LogP contribution in [0.3, 0.4) is 0 Å². The molecule has 104 valence electrons. The number of carbonyl (C=O) groups is 2. The Balaban J connectivity index is 1.92. The molecule has 2 rings (SSSR count). The topological polar surface area (TPSA) is 95.7 Å². The summed E-state index contributed by atoms with van der Waals surface area (Å²) in [7, 11) is 0. The van der Waals surface area contributed by atoms with Crippen molar-refractivity contribution in [1.82, 2.24) is 15.2 Å². The second-order valence-corrected chi connectivity index (χ2v) is 4.60. The van der Waals surface area contributed by atoms with Gasteiger partial charge in [0.25, 0.3) is 0 Å². The van der Waals surface area contributed by atoms with E-state index in [1.165, 1.54) is 4.90 Å². The number of rotatable bonds is 3. The van der Waals surface area contributed by atoms with Gasteiger partial charge in [0.05, 0.1) is 12.2 Å². The third-order valence-corrected chi connectivity index (χ3v) is 3.26. The number of carbonyl (C=O) groups excluding carboxylic acids is 1. The summed E-state index contributed by atoms with van der Waals surface area (Å²) in [6, 6.07) is -1.12. The van der Waals surface area contributed by atoms with Crippen LogP contribution in [0.5, 0.6) is 0 Å². The van der Waals surface area contributed by atoms with Crippen LogP contribution < -0.4 is 5.32 Å². The number of hydrogen-bond acceptors (Lipinski definition) is 4. The molecule has 1 fully saturated rings. The number of hydrogen-bond donors (Lipinski definition) is 2. The number of nitrogens with zero attached hydrogens (tertiary/aromatic N) is 2. The fourth-order valence-electron chi connectivity index (χ4n) is 2.13. The van der Waals surface area contributed by atoms with Crippen molar-refractivity contribution in [3.63, 3.8) is 0 Å². The Morgan fingerprint density at radius 3 is 2.84 bits per heavy atom. The number of aliphatic carboxylic acids is 1. The molecule has 0 aromatic carbocycles. The molecule has 0 saturated carbocycles. The van der Waals surface area contributed by atoms with Crippen LogP contribution in [-0.4, -0.2) is 39.6 Å². The summed E-state index contributed by atoms with van der Waals surface area (Å²) >= 11 is 0. The lowest BCUT2D eigenvalue weighted by Crippen LogP contribution is -2.45. The van der Waals surface area contributed by atoms with Gasteiger partial charge < -0.3 is 19.7 Å². The average molecular weight is 267 g/mol. The Kier molecular flexibility index (Phi) is 3.73. The van der Waals surface area contributed by atoms with E-state index in [1.807, 2.05) is 6.92 Å². The van der Waals surface area contributed by atoms with Crippen molar-refractivity contribution in [2.75, 3.05) is 6.54 Å². The summed E-state index contributed by atoms with van der Waals surface area (Å²) in [5.41, 5.74) is 0.786. The van der Waals surface area contributed by atoms with E-state index in [0.29, 0.717) is 31.0 Å². The van der Waals surface area contributed by atoms with Gasteiger partial charge in [0.1, 0.15) is 11.8 Å². The van der Waals surface area contributed by atoms with Crippen LogP contribution in [0.2, 0.25) is 0 Å². The standard InChI is InChI=1S/C12H17N3O4/c1-7-8(2)19-10(14-7)6-13-12(18)15-5-3-4-9(15)11(16)17/h9H,3-6H2,1-2H3,(H,13,18)(H,16,17)/t9-/m0/s1. The lowest BCUT2D eigenvalue weighted by atomic mass is 10.2. The van der Waals surface area contributed by atoms with E-state index in [-0.39, 0.29) is 6.54 Å². The summed E-state index contributed by atoms with van der Waals surface area (Å²) in [5.74, 6) is 0.179. The average Bonchev–Trinajstić information content (AvgIpc) is 2.94. The highest BCUT2D eigenvalue weighted by Crippen LogP contribution is 2.17. The third-order valence-electron chi connectivity index (χ3n) is 3.26. The molecule has 0 aliphatic carbocycles. The first-order valence-electron chi connectivity index (χ1n) is 6.19. The monoisotopic (exact) mass is 267 g/mol. The number of nitrogens with one attached hydrogen (secondary N) is 1.